The zero-order valence-corrected chi connectivity index (χ0v) is 23.4. The van der Waals surface area contributed by atoms with Gasteiger partial charge in [0.15, 0.2) is 0 Å². The number of unbranched alkanes of at least 4 members (excludes halogenated alkanes) is 6. The molecule has 0 bridgehead atoms. The summed E-state index contributed by atoms with van der Waals surface area (Å²) in [6.45, 7) is 5.52. The topological polar surface area (TPSA) is 94.1 Å². The second-order valence-corrected chi connectivity index (χ2v) is 9.34. The molecule has 0 aliphatic carbocycles. The van der Waals surface area contributed by atoms with Gasteiger partial charge in [0.05, 0.1) is 43.2 Å². The van der Waals surface area contributed by atoms with Gasteiger partial charge in [-0.1, -0.05) is 51.2 Å². The Morgan fingerprint density at radius 2 is 1.24 bits per heavy atom. The van der Waals surface area contributed by atoms with Crippen molar-refractivity contribution in [3.8, 4) is 5.75 Å². The Morgan fingerprint density at radius 3 is 1.85 bits per heavy atom. The molecule has 0 atom stereocenters. The fraction of sp³-hybridized carbons (Fsp3) is 0.750. The van der Waals surface area contributed by atoms with Crippen molar-refractivity contribution in [2.45, 2.75) is 64.7 Å². The molecule has 0 fully saturated rings. The van der Waals surface area contributed by atoms with Crippen LogP contribution in [0.5, 0.6) is 5.75 Å². The van der Waals surface area contributed by atoms with Gasteiger partial charge in [0.2, 0.25) is 0 Å². The van der Waals surface area contributed by atoms with Gasteiger partial charge in [-0.15, -0.1) is 0 Å². The minimum atomic E-state index is -4.12. The predicted molar refractivity (Wildman–Crippen MR) is 125 cm³/mol. The maximum absolute atomic E-state index is 10.4. The molecule has 0 saturated heterocycles. The van der Waals surface area contributed by atoms with Crippen molar-refractivity contribution in [1.29, 1.82) is 0 Å². The monoisotopic (exact) mass is 496 g/mol. The molecule has 0 heterocycles. The van der Waals surface area contributed by atoms with E-state index in [9.17, 15) is 13.0 Å². The van der Waals surface area contributed by atoms with Crippen LogP contribution >= 0.6 is 0 Å². The number of aryl methyl sites for hydroxylation is 1. The van der Waals surface area contributed by atoms with Crippen LogP contribution in [0.3, 0.4) is 0 Å². The van der Waals surface area contributed by atoms with Crippen molar-refractivity contribution in [2.24, 2.45) is 0 Å². The first kappa shape index (κ1) is 32.8. The minimum Gasteiger partial charge on any atom is -0.748 e. The van der Waals surface area contributed by atoms with Gasteiger partial charge in [0, 0.05) is 12.4 Å². The Morgan fingerprint density at radius 1 is 0.697 bits per heavy atom. The summed E-state index contributed by atoms with van der Waals surface area (Å²) in [6, 6.07) is 8.33. The fourth-order valence-corrected chi connectivity index (χ4v) is 3.66. The molecule has 0 spiro atoms. The number of hydrogen-bond acceptors (Lipinski definition) is 7. The van der Waals surface area contributed by atoms with Gasteiger partial charge in [0.25, 0.3) is 0 Å². The third-order valence-corrected chi connectivity index (χ3v) is 5.70. The summed E-state index contributed by atoms with van der Waals surface area (Å²) in [7, 11) is -4.12. The Balaban J connectivity index is 0.0000102. The van der Waals surface area contributed by atoms with Crippen LogP contribution in [0, 0.1) is 0 Å². The molecular weight excluding hydrogens is 455 g/mol. The number of rotatable bonds is 22. The molecule has 0 saturated carbocycles. The average Bonchev–Trinajstić information content (AvgIpc) is 2.76. The van der Waals surface area contributed by atoms with Crippen molar-refractivity contribution in [3.05, 3.63) is 29.8 Å². The van der Waals surface area contributed by atoms with Crippen LogP contribution in [0.4, 0.5) is 0 Å². The summed E-state index contributed by atoms with van der Waals surface area (Å²) in [5, 5.41) is 0. The van der Waals surface area contributed by atoms with E-state index in [1.807, 2.05) is 12.1 Å². The molecule has 0 aliphatic heterocycles. The Kier molecular flexibility index (Phi) is 22.2. The quantitative estimate of drug-likeness (QED) is 0.136. The molecule has 0 aromatic heterocycles. The second-order valence-electron chi connectivity index (χ2n) is 7.82. The maximum atomic E-state index is 10.4. The van der Waals surface area contributed by atoms with E-state index in [-0.39, 0.29) is 35.3 Å². The number of hydrogen-bond donors (Lipinski definition) is 0. The summed E-state index contributed by atoms with van der Waals surface area (Å²) in [6.07, 6.45) is 9.90. The van der Waals surface area contributed by atoms with Crippen molar-refractivity contribution in [1.82, 2.24) is 0 Å². The smallest absolute Gasteiger partial charge is 0.748 e. The van der Waals surface area contributed by atoms with E-state index in [0.29, 0.717) is 59.1 Å². The van der Waals surface area contributed by atoms with E-state index in [1.165, 1.54) is 44.1 Å². The maximum Gasteiger partial charge on any atom is 1.00 e. The normalized spacial score (nSPS) is 11.3. The SMILES string of the molecule is CCCCCCCCc1ccc(OCCOCCOCCOCCCCS(=O)(=O)[O-])cc1.[Na+]. The summed E-state index contributed by atoms with van der Waals surface area (Å²) >= 11 is 0. The van der Waals surface area contributed by atoms with E-state index in [0.717, 1.165) is 12.2 Å². The molecular formula is C24H41NaO7S. The fourth-order valence-electron chi connectivity index (χ4n) is 3.11. The zero-order chi connectivity index (χ0) is 23.3. The molecule has 33 heavy (non-hydrogen) atoms. The second kappa shape index (κ2) is 22.3. The molecule has 0 aliphatic rings. The van der Waals surface area contributed by atoms with Crippen molar-refractivity contribution >= 4 is 10.1 Å². The van der Waals surface area contributed by atoms with E-state index in [2.05, 4.69) is 19.1 Å². The first-order chi connectivity index (χ1) is 15.5. The molecule has 0 radical (unpaired) electrons. The van der Waals surface area contributed by atoms with Gasteiger partial charge in [0.1, 0.15) is 12.4 Å². The van der Waals surface area contributed by atoms with Gasteiger partial charge in [-0.3, -0.25) is 0 Å². The summed E-state index contributed by atoms with van der Waals surface area (Å²) in [5.74, 6) is 0.528. The largest absolute Gasteiger partial charge is 1.00 e. The summed E-state index contributed by atoms with van der Waals surface area (Å²) in [5.41, 5.74) is 1.36. The first-order valence-electron chi connectivity index (χ1n) is 11.9. The van der Waals surface area contributed by atoms with Crippen LogP contribution in [0.25, 0.3) is 0 Å². The molecule has 1 aromatic carbocycles. The Labute approximate surface area is 222 Å². The van der Waals surface area contributed by atoms with Crippen LogP contribution in [0.1, 0.15) is 63.9 Å². The van der Waals surface area contributed by atoms with Gasteiger partial charge in [-0.05, 0) is 43.4 Å². The van der Waals surface area contributed by atoms with Crippen LogP contribution in [0.15, 0.2) is 24.3 Å². The Hall–Kier alpha value is -0.190. The summed E-state index contributed by atoms with van der Waals surface area (Å²) < 4.78 is 53.2. The third-order valence-electron chi connectivity index (χ3n) is 4.92. The molecule has 0 N–H and O–H groups in total. The van der Waals surface area contributed by atoms with Crippen LogP contribution in [-0.2, 0) is 30.7 Å². The van der Waals surface area contributed by atoms with Crippen molar-refractivity contribution < 1.29 is 61.5 Å². The third kappa shape index (κ3) is 22.0. The molecule has 1 rings (SSSR count). The molecule has 1 aromatic rings. The number of ether oxygens (including phenoxy) is 4. The minimum absolute atomic E-state index is 0. The van der Waals surface area contributed by atoms with Gasteiger partial charge in [-0.25, -0.2) is 8.42 Å². The number of benzene rings is 1. The first-order valence-corrected chi connectivity index (χ1v) is 13.5. The van der Waals surface area contributed by atoms with E-state index in [1.54, 1.807) is 0 Å². The Bertz CT molecular complexity index is 653. The van der Waals surface area contributed by atoms with Gasteiger partial charge >= 0.3 is 29.6 Å². The van der Waals surface area contributed by atoms with Crippen molar-refractivity contribution in [2.75, 3.05) is 52.0 Å². The van der Waals surface area contributed by atoms with Crippen molar-refractivity contribution in [3.63, 3.8) is 0 Å². The predicted octanol–water partition coefficient (Wildman–Crippen LogP) is 1.35. The van der Waals surface area contributed by atoms with Gasteiger partial charge < -0.3 is 23.5 Å². The average molecular weight is 497 g/mol. The van der Waals surface area contributed by atoms with E-state index in [4.69, 9.17) is 18.9 Å². The molecule has 186 valence electrons. The van der Waals surface area contributed by atoms with Crippen LogP contribution in [0.2, 0.25) is 0 Å². The standard InChI is InChI=1S/C24H42O7S.Na/c1-2-3-4-5-6-7-10-23-11-13-24(14-12-23)31-21-20-30-19-18-29-17-16-28-15-8-9-22-32(25,26)27;/h11-14H,2-10,15-22H2,1H3,(H,25,26,27);/q;+1/p-1. The van der Waals surface area contributed by atoms with Gasteiger partial charge in [-0.2, -0.15) is 0 Å². The van der Waals surface area contributed by atoms with E-state index < -0.39 is 10.1 Å². The molecule has 0 amide bonds. The van der Waals surface area contributed by atoms with E-state index >= 15 is 0 Å². The van der Waals surface area contributed by atoms with Crippen LogP contribution < -0.4 is 34.3 Å². The molecule has 0 unspecified atom stereocenters. The molecule has 7 nitrogen and oxygen atoms in total. The van der Waals surface area contributed by atoms with Crippen LogP contribution in [-0.4, -0.2) is 65.0 Å². The zero-order valence-electron chi connectivity index (χ0n) is 20.6. The molecule has 9 heteroatoms. The summed E-state index contributed by atoms with van der Waals surface area (Å²) in [4.78, 5) is 0.